The van der Waals surface area contributed by atoms with Crippen molar-refractivity contribution in [3.63, 3.8) is 0 Å². The Morgan fingerprint density at radius 2 is 1.86 bits per heavy atom. The Balaban J connectivity index is 1.52. The number of primary amides is 1. The number of anilines is 1. The van der Waals surface area contributed by atoms with Crippen LogP contribution in [0.1, 0.15) is 30.7 Å². The number of aromatic nitrogens is 2. The van der Waals surface area contributed by atoms with Crippen LogP contribution in [0.2, 0.25) is 0 Å². The zero-order valence-corrected chi connectivity index (χ0v) is 19.6. The van der Waals surface area contributed by atoms with E-state index in [2.05, 4.69) is 10.2 Å². The van der Waals surface area contributed by atoms with Gasteiger partial charge in [-0.25, -0.2) is 8.42 Å². The van der Waals surface area contributed by atoms with Crippen LogP contribution < -0.4 is 10.0 Å². The van der Waals surface area contributed by atoms with Crippen molar-refractivity contribution in [3.8, 4) is 11.5 Å². The predicted molar refractivity (Wildman–Crippen MR) is 125 cm³/mol. The summed E-state index contributed by atoms with van der Waals surface area (Å²) in [6, 6.07) is 14.8. The number of likely N-dealkylation sites (tertiary alicyclic amines) is 1. The maximum atomic E-state index is 13.4. The molecular formula is C23H25F2N5O4S. The van der Waals surface area contributed by atoms with Crippen LogP contribution in [0.15, 0.2) is 59.0 Å². The lowest BCUT2D eigenvalue weighted by Gasteiger charge is -2.27. The van der Waals surface area contributed by atoms with Gasteiger partial charge in [0.05, 0.1) is 24.0 Å². The van der Waals surface area contributed by atoms with E-state index in [9.17, 15) is 22.0 Å². The maximum absolute atomic E-state index is 13.4. The number of hydrogen-bond donors (Lipinski definition) is 1. The van der Waals surface area contributed by atoms with Gasteiger partial charge in [-0.15, -0.1) is 10.2 Å². The molecule has 0 unspecified atom stereocenters. The number of hydrogen-bond acceptors (Lipinski definition) is 7. The summed E-state index contributed by atoms with van der Waals surface area (Å²) >= 11 is 0. The Morgan fingerprint density at radius 3 is 2.49 bits per heavy atom. The van der Waals surface area contributed by atoms with E-state index in [0.717, 1.165) is 6.42 Å². The van der Waals surface area contributed by atoms with Crippen molar-refractivity contribution >= 4 is 21.6 Å². The van der Waals surface area contributed by atoms with Crippen molar-refractivity contribution < 1.29 is 26.4 Å². The van der Waals surface area contributed by atoms with E-state index in [4.69, 9.17) is 10.2 Å². The number of carbonyl (C=O) groups is 1. The smallest absolute Gasteiger partial charge is 0.314 e. The number of nitrogens with zero attached hydrogens (tertiary/aromatic N) is 4. The first-order chi connectivity index (χ1) is 16.7. The molecule has 12 heteroatoms. The summed E-state index contributed by atoms with van der Waals surface area (Å²) in [6.45, 7) is 0.874. The lowest BCUT2D eigenvalue weighted by atomic mass is 10.1. The lowest BCUT2D eigenvalue weighted by molar-refractivity contribution is -0.122. The molecule has 1 fully saturated rings. The third-order valence-corrected chi connectivity index (χ3v) is 7.57. The predicted octanol–water partition coefficient (Wildman–Crippen LogP) is 2.96. The van der Waals surface area contributed by atoms with Crippen molar-refractivity contribution in [3.05, 3.63) is 66.1 Å². The van der Waals surface area contributed by atoms with E-state index in [-0.39, 0.29) is 24.7 Å². The van der Waals surface area contributed by atoms with E-state index in [1.165, 1.54) is 4.31 Å². The van der Waals surface area contributed by atoms with E-state index >= 15 is 0 Å². The lowest BCUT2D eigenvalue weighted by Crippen LogP contribution is -2.44. The zero-order chi connectivity index (χ0) is 25.0. The first-order valence-corrected chi connectivity index (χ1v) is 12.7. The van der Waals surface area contributed by atoms with Crippen LogP contribution >= 0.6 is 0 Å². The van der Waals surface area contributed by atoms with E-state index in [0.29, 0.717) is 29.8 Å². The number of benzene rings is 2. The molecule has 1 aliphatic heterocycles. The molecular weight excluding hydrogens is 480 g/mol. The fourth-order valence-electron chi connectivity index (χ4n) is 4.06. The minimum absolute atomic E-state index is 0.0472. The van der Waals surface area contributed by atoms with Gasteiger partial charge in [-0.05, 0) is 49.2 Å². The second-order valence-corrected chi connectivity index (χ2v) is 10.2. The van der Waals surface area contributed by atoms with Gasteiger partial charge in [0.2, 0.25) is 21.8 Å². The molecule has 1 aromatic heterocycles. The second kappa shape index (κ2) is 10.5. The Bertz CT molecular complexity index is 1250. The highest BCUT2D eigenvalue weighted by Gasteiger charge is 2.31. The van der Waals surface area contributed by atoms with Crippen molar-refractivity contribution in [2.75, 3.05) is 23.1 Å². The van der Waals surface area contributed by atoms with Crippen LogP contribution in [0.5, 0.6) is 0 Å². The molecule has 1 atom stereocenters. The van der Waals surface area contributed by atoms with Crippen LogP contribution in [0.4, 0.5) is 14.5 Å². The number of carbonyl (C=O) groups excluding carboxylic acids is 1. The summed E-state index contributed by atoms with van der Waals surface area (Å²) in [5.74, 6) is -1.43. The molecule has 1 saturated heterocycles. The Labute approximate surface area is 201 Å². The van der Waals surface area contributed by atoms with Crippen LogP contribution in [0.3, 0.4) is 0 Å². The molecule has 35 heavy (non-hydrogen) atoms. The largest absolute Gasteiger partial charge is 0.415 e. The monoisotopic (exact) mass is 505 g/mol. The highest BCUT2D eigenvalue weighted by Crippen LogP contribution is 2.26. The van der Waals surface area contributed by atoms with Gasteiger partial charge >= 0.3 is 6.43 Å². The molecule has 186 valence electrons. The molecule has 0 aliphatic carbocycles. The van der Waals surface area contributed by atoms with Crippen molar-refractivity contribution in [2.45, 2.75) is 31.9 Å². The van der Waals surface area contributed by atoms with Gasteiger partial charge in [-0.3, -0.25) is 14.0 Å². The van der Waals surface area contributed by atoms with Crippen LogP contribution in [-0.2, 0) is 21.4 Å². The number of halogens is 2. The quantitative estimate of drug-likeness (QED) is 0.449. The molecule has 0 saturated carbocycles. The number of rotatable bonds is 10. The van der Waals surface area contributed by atoms with Crippen molar-refractivity contribution in [1.82, 2.24) is 15.1 Å². The van der Waals surface area contributed by atoms with Gasteiger partial charge in [0.15, 0.2) is 0 Å². The second-order valence-electron chi connectivity index (χ2n) is 8.20. The molecule has 3 aromatic rings. The maximum Gasteiger partial charge on any atom is 0.314 e. The third kappa shape index (κ3) is 5.82. The average molecular weight is 506 g/mol. The highest BCUT2D eigenvalue weighted by atomic mass is 32.2. The van der Waals surface area contributed by atoms with Gasteiger partial charge < -0.3 is 10.2 Å². The topological polar surface area (TPSA) is 123 Å². The molecule has 2 N–H and O–H groups in total. The Kier molecular flexibility index (Phi) is 7.41. The summed E-state index contributed by atoms with van der Waals surface area (Å²) in [6.07, 6.45) is -1.44. The van der Waals surface area contributed by atoms with Crippen molar-refractivity contribution in [2.24, 2.45) is 5.73 Å². The first-order valence-electron chi connectivity index (χ1n) is 11.0. The molecule has 0 bridgehead atoms. The van der Waals surface area contributed by atoms with Crippen LogP contribution in [0, 0.1) is 0 Å². The van der Waals surface area contributed by atoms with Crippen molar-refractivity contribution in [1.29, 1.82) is 0 Å². The minimum atomic E-state index is -3.76. The number of para-hydroxylation sites is 1. The number of nitrogens with two attached hydrogens (primary N) is 1. The Morgan fingerprint density at radius 1 is 1.14 bits per heavy atom. The van der Waals surface area contributed by atoms with Gasteiger partial charge in [0, 0.05) is 12.1 Å². The normalized spacial score (nSPS) is 16.6. The summed E-state index contributed by atoms with van der Waals surface area (Å²) in [4.78, 5) is 13.5. The van der Waals surface area contributed by atoms with Crippen LogP contribution in [-0.4, -0.2) is 54.3 Å². The number of alkyl halides is 2. The molecule has 1 amide bonds. The summed E-state index contributed by atoms with van der Waals surface area (Å²) in [5, 5.41) is 6.94. The average Bonchev–Trinajstić information content (AvgIpc) is 3.52. The zero-order valence-electron chi connectivity index (χ0n) is 18.8. The van der Waals surface area contributed by atoms with Gasteiger partial charge in [0.1, 0.15) is 0 Å². The fourth-order valence-corrected chi connectivity index (χ4v) is 5.54. The fraction of sp³-hybridized carbons (Fsp3) is 0.348. The number of sulfonamides is 1. The summed E-state index contributed by atoms with van der Waals surface area (Å²) < 4.78 is 58.5. The molecule has 2 heterocycles. The minimum Gasteiger partial charge on any atom is -0.415 e. The van der Waals surface area contributed by atoms with Gasteiger partial charge in [-0.2, -0.15) is 8.78 Å². The highest BCUT2D eigenvalue weighted by molar-refractivity contribution is 7.92. The summed E-state index contributed by atoms with van der Waals surface area (Å²) in [5.41, 5.74) is 7.07. The van der Waals surface area contributed by atoms with Gasteiger partial charge in [-0.1, -0.05) is 30.3 Å². The Hall–Kier alpha value is -3.38. The summed E-state index contributed by atoms with van der Waals surface area (Å²) in [7, 11) is -3.76. The molecule has 1 aliphatic rings. The van der Waals surface area contributed by atoms with E-state index in [1.807, 2.05) is 4.90 Å². The standard InChI is InChI=1S/C23H25F2N5O4S/c24-20(25)23-28-27-22(34-23)17-10-8-16(9-11-17)15-30(18-5-2-1-3-6-18)35(32,33)14-13-29-12-4-7-19(29)21(26)31/h1-3,5-6,8-11,19-20H,4,7,12-15H2,(H2,26,31)/t19-/m0/s1. The molecule has 2 aromatic carbocycles. The molecule has 9 nitrogen and oxygen atoms in total. The van der Waals surface area contributed by atoms with E-state index in [1.54, 1.807) is 54.6 Å². The molecule has 0 spiro atoms. The number of amides is 1. The molecule has 0 radical (unpaired) electrons. The van der Waals surface area contributed by atoms with Gasteiger partial charge in [0.25, 0.3) is 5.89 Å². The SMILES string of the molecule is NC(=O)[C@@H]1CCCN1CCS(=O)(=O)N(Cc1ccc(-c2nnc(C(F)F)o2)cc1)c1ccccc1. The molecule has 4 rings (SSSR count). The first kappa shape index (κ1) is 24.7. The third-order valence-electron chi connectivity index (χ3n) is 5.86. The van der Waals surface area contributed by atoms with E-state index < -0.39 is 34.3 Å². The van der Waals surface area contributed by atoms with Crippen LogP contribution in [0.25, 0.3) is 11.5 Å².